The fourth-order valence-corrected chi connectivity index (χ4v) is 3.10. The summed E-state index contributed by atoms with van der Waals surface area (Å²) >= 11 is 3.63. The molecule has 0 heterocycles. The van der Waals surface area contributed by atoms with Gasteiger partial charge in [-0.3, -0.25) is 0 Å². The van der Waals surface area contributed by atoms with Crippen LogP contribution in [-0.4, -0.2) is 19.3 Å². The Balaban J connectivity index is 2.18. The molecule has 2 rings (SSSR count). The summed E-state index contributed by atoms with van der Waals surface area (Å²) < 4.78 is 12.5. The lowest BCUT2D eigenvalue weighted by Gasteiger charge is -2.20. The zero-order valence-electron chi connectivity index (χ0n) is 12.5. The van der Waals surface area contributed by atoms with Crippen LogP contribution in [0.25, 0.3) is 0 Å². The predicted molar refractivity (Wildman–Crippen MR) is 85.6 cm³/mol. The molecule has 1 aliphatic rings. The summed E-state index contributed by atoms with van der Waals surface area (Å²) in [4.78, 5) is 0. The third-order valence-corrected chi connectivity index (χ3v) is 4.41. The van der Waals surface area contributed by atoms with Crippen molar-refractivity contribution < 1.29 is 9.47 Å². The molecule has 1 N–H and O–H groups in total. The molecule has 0 spiro atoms. The van der Waals surface area contributed by atoms with Crippen molar-refractivity contribution in [1.82, 2.24) is 5.32 Å². The van der Waals surface area contributed by atoms with Crippen molar-refractivity contribution in [3.05, 3.63) is 22.2 Å². The van der Waals surface area contributed by atoms with Crippen LogP contribution in [0.2, 0.25) is 0 Å². The molecule has 4 heteroatoms. The summed E-state index contributed by atoms with van der Waals surface area (Å²) in [5.74, 6) is 1.65. The molecule has 20 heavy (non-hydrogen) atoms. The van der Waals surface area contributed by atoms with Crippen molar-refractivity contribution in [2.45, 2.75) is 58.2 Å². The third-order valence-electron chi connectivity index (χ3n) is 3.66. The Hall–Kier alpha value is -0.740. The third kappa shape index (κ3) is 3.89. The van der Waals surface area contributed by atoms with E-state index in [1.54, 1.807) is 7.11 Å². The zero-order valence-corrected chi connectivity index (χ0v) is 14.1. The van der Waals surface area contributed by atoms with Gasteiger partial charge in [0.1, 0.15) is 0 Å². The Morgan fingerprint density at radius 3 is 2.60 bits per heavy atom. The van der Waals surface area contributed by atoms with Gasteiger partial charge >= 0.3 is 0 Å². The maximum absolute atomic E-state index is 5.97. The van der Waals surface area contributed by atoms with Gasteiger partial charge in [-0.25, -0.2) is 0 Å². The summed E-state index contributed by atoms with van der Waals surface area (Å²) in [6, 6.07) is 4.61. The standard InChI is InChI=1S/C16H24BrNO2/c1-11(2)20-16-13(10-18-12-6-4-5-7-12)14(17)8-9-15(16)19-3/h8-9,11-12,18H,4-7,10H2,1-3H3. The Labute approximate surface area is 130 Å². The van der Waals surface area contributed by atoms with Gasteiger partial charge in [0.15, 0.2) is 11.5 Å². The quantitative estimate of drug-likeness (QED) is 0.837. The van der Waals surface area contributed by atoms with E-state index in [2.05, 4.69) is 21.2 Å². The van der Waals surface area contributed by atoms with Gasteiger partial charge in [-0.2, -0.15) is 0 Å². The number of benzene rings is 1. The molecule has 3 nitrogen and oxygen atoms in total. The number of hydrogen-bond acceptors (Lipinski definition) is 3. The number of nitrogens with one attached hydrogen (secondary N) is 1. The lowest BCUT2D eigenvalue weighted by molar-refractivity contribution is 0.226. The maximum atomic E-state index is 5.97. The van der Waals surface area contributed by atoms with Crippen molar-refractivity contribution in [2.24, 2.45) is 0 Å². The van der Waals surface area contributed by atoms with Crippen LogP contribution in [0.5, 0.6) is 11.5 Å². The Kier molecular flexibility index (Phi) is 5.73. The number of ether oxygens (including phenoxy) is 2. The highest BCUT2D eigenvalue weighted by Crippen LogP contribution is 2.37. The van der Waals surface area contributed by atoms with E-state index in [4.69, 9.17) is 9.47 Å². The van der Waals surface area contributed by atoms with Gasteiger partial charge in [-0.05, 0) is 38.8 Å². The lowest BCUT2D eigenvalue weighted by Crippen LogP contribution is -2.26. The van der Waals surface area contributed by atoms with E-state index >= 15 is 0 Å². The highest BCUT2D eigenvalue weighted by atomic mass is 79.9. The van der Waals surface area contributed by atoms with Crippen LogP contribution in [0, 0.1) is 0 Å². The van der Waals surface area contributed by atoms with E-state index in [1.807, 2.05) is 26.0 Å². The average molecular weight is 342 g/mol. The molecular formula is C16H24BrNO2. The molecule has 1 aliphatic carbocycles. The molecule has 0 aromatic heterocycles. The average Bonchev–Trinajstić information content (AvgIpc) is 2.91. The van der Waals surface area contributed by atoms with Gasteiger partial charge in [-0.1, -0.05) is 28.8 Å². The van der Waals surface area contributed by atoms with Crippen LogP contribution in [0.1, 0.15) is 45.1 Å². The topological polar surface area (TPSA) is 30.5 Å². The number of methoxy groups -OCH3 is 1. The number of hydrogen-bond donors (Lipinski definition) is 1. The molecule has 0 radical (unpaired) electrons. The molecule has 0 saturated heterocycles. The first-order valence-electron chi connectivity index (χ1n) is 7.37. The van der Waals surface area contributed by atoms with E-state index in [-0.39, 0.29) is 6.10 Å². The molecule has 0 atom stereocenters. The Bertz CT molecular complexity index is 442. The summed E-state index contributed by atoms with van der Waals surface area (Å²) in [6.07, 6.45) is 5.37. The van der Waals surface area contributed by atoms with Gasteiger partial charge < -0.3 is 14.8 Å². The Morgan fingerprint density at radius 1 is 1.30 bits per heavy atom. The Morgan fingerprint density at radius 2 is 2.00 bits per heavy atom. The fraction of sp³-hybridized carbons (Fsp3) is 0.625. The maximum Gasteiger partial charge on any atom is 0.167 e. The first-order chi connectivity index (χ1) is 9.61. The molecule has 1 saturated carbocycles. The first-order valence-corrected chi connectivity index (χ1v) is 8.16. The second kappa shape index (κ2) is 7.32. The molecule has 1 aromatic carbocycles. The van der Waals surface area contributed by atoms with Crippen molar-refractivity contribution in [3.63, 3.8) is 0 Å². The number of rotatable bonds is 6. The smallest absolute Gasteiger partial charge is 0.167 e. The van der Waals surface area contributed by atoms with E-state index in [1.165, 1.54) is 25.7 Å². The van der Waals surface area contributed by atoms with Crippen LogP contribution in [0.4, 0.5) is 0 Å². The van der Waals surface area contributed by atoms with Gasteiger partial charge in [0.25, 0.3) is 0 Å². The minimum absolute atomic E-state index is 0.128. The molecule has 0 amide bonds. The highest BCUT2D eigenvalue weighted by Gasteiger charge is 2.19. The zero-order chi connectivity index (χ0) is 14.5. The molecule has 0 unspecified atom stereocenters. The van der Waals surface area contributed by atoms with E-state index in [0.717, 1.165) is 28.1 Å². The molecule has 1 fully saturated rings. The van der Waals surface area contributed by atoms with Crippen LogP contribution >= 0.6 is 15.9 Å². The minimum atomic E-state index is 0.128. The van der Waals surface area contributed by atoms with Gasteiger partial charge in [-0.15, -0.1) is 0 Å². The second-order valence-corrected chi connectivity index (χ2v) is 6.44. The number of halogens is 1. The van der Waals surface area contributed by atoms with Crippen LogP contribution < -0.4 is 14.8 Å². The summed E-state index contributed by atoms with van der Waals surface area (Å²) in [7, 11) is 1.69. The van der Waals surface area contributed by atoms with E-state index < -0.39 is 0 Å². The normalized spacial score (nSPS) is 15.8. The van der Waals surface area contributed by atoms with Crippen LogP contribution in [-0.2, 0) is 6.54 Å². The fourth-order valence-electron chi connectivity index (χ4n) is 2.65. The van der Waals surface area contributed by atoms with Gasteiger partial charge in [0, 0.05) is 22.6 Å². The van der Waals surface area contributed by atoms with E-state index in [0.29, 0.717) is 6.04 Å². The van der Waals surface area contributed by atoms with Crippen molar-refractivity contribution in [3.8, 4) is 11.5 Å². The van der Waals surface area contributed by atoms with Crippen molar-refractivity contribution >= 4 is 15.9 Å². The van der Waals surface area contributed by atoms with Crippen molar-refractivity contribution in [2.75, 3.05) is 7.11 Å². The SMILES string of the molecule is COc1ccc(Br)c(CNC2CCCC2)c1OC(C)C. The summed E-state index contributed by atoms with van der Waals surface area (Å²) in [6.45, 7) is 4.88. The highest BCUT2D eigenvalue weighted by molar-refractivity contribution is 9.10. The molecule has 0 bridgehead atoms. The molecular weight excluding hydrogens is 318 g/mol. The van der Waals surface area contributed by atoms with Gasteiger partial charge in [0.2, 0.25) is 0 Å². The summed E-state index contributed by atoms with van der Waals surface area (Å²) in [5.41, 5.74) is 1.14. The monoisotopic (exact) mass is 341 g/mol. The minimum Gasteiger partial charge on any atom is -0.493 e. The second-order valence-electron chi connectivity index (χ2n) is 5.59. The van der Waals surface area contributed by atoms with Crippen LogP contribution in [0.15, 0.2) is 16.6 Å². The first kappa shape index (κ1) is 15.6. The molecule has 112 valence electrons. The van der Waals surface area contributed by atoms with E-state index in [9.17, 15) is 0 Å². The molecule has 0 aliphatic heterocycles. The molecule has 1 aromatic rings. The van der Waals surface area contributed by atoms with Crippen LogP contribution in [0.3, 0.4) is 0 Å². The lowest BCUT2D eigenvalue weighted by atomic mass is 10.1. The van der Waals surface area contributed by atoms with Crippen molar-refractivity contribution in [1.29, 1.82) is 0 Å². The van der Waals surface area contributed by atoms with Gasteiger partial charge in [0.05, 0.1) is 13.2 Å². The largest absolute Gasteiger partial charge is 0.493 e. The summed E-state index contributed by atoms with van der Waals surface area (Å²) in [5, 5.41) is 3.64. The predicted octanol–water partition coefficient (Wildman–Crippen LogP) is 4.28.